The Morgan fingerprint density at radius 2 is 2.47 bits per heavy atom. The second kappa shape index (κ2) is 5.99. The maximum atomic E-state index is 8.43. The van der Waals surface area contributed by atoms with Crippen molar-refractivity contribution in [3.63, 3.8) is 0 Å². The highest BCUT2D eigenvalue weighted by atomic mass is 35.5. The lowest BCUT2D eigenvalue weighted by Crippen LogP contribution is -2.16. The molecule has 78 valence electrons. The lowest BCUT2D eigenvalue weighted by molar-refractivity contribution is 0.998. The Morgan fingerprint density at radius 3 is 3.00 bits per heavy atom. The van der Waals surface area contributed by atoms with Gasteiger partial charge in [-0.15, -0.1) is 0 Å². The predicted octanol–water partition coefficient (Wildman–Crippen LogP) is 2.11. The van der Waals surface area contributed by atoms with E-state index in [1.807, 2.05) is 19.2 Å². The molecule has 1 aromatic rings. The average Bonchev–Trinajstić information content (AvgIpc) is 2.26. The molecule has 0 aliphatic carbocycles. The molecule has 5 heteroatoms. The van der Waals surface area contributed by atoms with E-state index in [1.54, 1.807) is 12.3 Å². The largest absolute Gasteiger partial charge is 0.281 e. The minimum absolute atomic E-state index is 0.466. The molecule has 0 aliphatic heterocycles. The average molecular weight is 223 g/mol. The quantitative estimate of drug-likeness (QED) is 0.280. The van der Waals surface area contributed by atoms with Crippen LogP contribution in [0.15, 0.2) is 23.3 Å². The van der Waals surface area contributed by atoms with Crippen molar-refractivity contribution in [2.75, 3.05) is 0 Å². The Morgan fingerprint density at radius 1 is 1.67 bits per heavy atom. The molecule has 1 N–H and O–H groups in total. The first-order valence-corrected chi connectivity index (χ1v) is 4.93. The normalized spacial score (nSPS) is 10.9. The minimum atomic E-state index is 0.466. The van der Waals surface area contributed by atoms with Gasteiger partial charge in [0.2, 0.25) is 0 Å². The number of pyridine rings is 1. The Labute approximate surface area is 93.6 Å². The number of aromatic nitrogens is 1. The number of amidine groups is 1. The highest BCUT2D eigenvalue weighted by Gasteiger charge is 1.95. The van der Waals surface area contributed by atoms with E-state index in [0.717, 1.165) is 5.56 Å². The van der Waals surface area contributed by atoms with E-state index in [2.05, 4.69) is 15.3 Å². The molecule has 1 aromatic heterocycles. The van der Waals surface area contributed by atoms with Gasteiger partial charge in [-0.2, -0.15) is 5.26 Å². The van der Waals surface area contributed by atoms with Gasteiger partial charge >= 0.3 is 0 Å². The van der Waals surface area contributed by atoms with Crippen LogP contribution in [0, 0.1) is 11.5 Å². The number of halogens is 1. The van der Waals surface area contributed by atoms with Gasteiger partial charge in [-0.3, -0.25) is 10.3 Å². The summed E-state index contributed by atoms with van der Waals surface area (Å²) in [5.41, 5.74) is 0.963. The number of hydrogen-bond donors (Lipinski definition) is 1. The van der Waals surface area contributed by atoms with E-state index < -0.39 is 0 Å². The molecule has 0 aromatic carbocycles. The molecule has 0 fully saturated rings. The lowest BCUT2D eigenvalue weighted by atomic mass is 10.3. The Hall–Kier alpha value is -1.60. The molecule has 0 atom stereocenters. The zero-order valence-corrected chi connectivity index (χ0v) is 9.12. The van der Waals surface area contributed by atoms with Gasteiger partial charge in [0.05, 0.1) is 6.54 Å². The van der Waals surface area contributed by atoms with Gasteiger partial charge in [0.1, 0.15) is 11.0 Å². The molecule has 1 rings (SSSR count). The Balaban J connectivity index is 2.62. The molecule has 0 saturated heterocycles. The van der Waals surface area contributed by atoms with Gasteiger partial charge in [0.15, 0.2) is 6.19 Å². The molecule has 0 aliphatic rings. The van der Waals surface area contributed by atoms with Crippen molar-refractivity contribution in [1.29, 1.82) is 5.26 Å². The summed E-state index contributed by atoms with van der Waals surface area (Å²) in [5.74, 6) is 0.674. The fraction of sp³-hybridized carbons (Fsp3) is 0.300. The van der Waals surface area contributed by atoms with Crippen LogP contribution in [-0.2, 0) is 6.54 Å². The minimum Gasteiger partial charge on any atom is -0.281 e. The molecule has 0 bridgehead atoms. The van der Waals surface area contributed by atoms with E-state index >= 15 is 0 Å². The van der Waals surface area contributed by atoms with Gasteiger partial charge in [-0.05, 0) is 11.6 Å². The van der Waals surface area contributed by atoms with Gasteiger partial charge in [-0.25, -0.2) is 4.98 Å². The molecular weight excluding hydrogens is 212 g/mol. The van der Waals surface area contributed by atoms with Crippen molar-refractivity contribution in [2.45, 2.75) is 19.9 Å². The molecule has 1 heterocycles. The SMILES string of the molecule is CCC(=NCc1ccc(Cl)nc1)NC#N. The number of nitrogens with one attached hydrogen (secondary N) is 1. The third kappa shape index (κ3) is 3.96. The van der Waals surface area contributed by atoms with E-state index in [9.17, 15) is 0 Å². The first-order valence-electron chi connectivity index (χ1n) is 4.55. The number of nitriles is 1. The molecular formula is C10H11ClN4. The van der Waals surface area contributed by atoms with Crippen molar-refractivity contribution >= 4 is 17.4 Å². The second-order valence-corrected chi connectivity index (χ2v) is 3.23. The van der Waals surface area contributed by atoms with E-state index in [1.165, 1.54) is 0 Å². The molecule has 0 radical (unpaired) electrons. The Kier molecular flexibility index (Phi) is 4.58. The van der Waals surface area contributed by atoms with Crippen LogP contribution in [0.2, 0.25) is 5.15 Å². The van der Waals surface area contributed by atoms with Gasteiger partial charge in [0, 0.05) is 12.6 Å². The molecule has 4 nitrogen and oxygen atoms in total. The monoisotopic (exact) mass is 222 g/mol. The maximum Gasteiger partial charge on any atom is 0.182 e. The number of rotatable bonds is 3. The number of aliphatic imine (C=N–C) groups is 1. The highest BCUT2D eigenvalue weighted by Crippen LogP contribution is 2.06. The maximum absolute atomic E-state index is 8.43. The summed E-state index contributed by atoms with van der Waals surface area (Å²) in [6.45, 7) is 2.44. The summed E-state index contributed by atoms with van der Waals surface area (Å²) >= 11 is 5.65. The summed E-state index contributed by atoms with van der Waals surface area (Å²) in [4.78, 5) is 8.17. The van der Waals surface area contributed by atoms with Crippen LogP contribution in [0.5, 0.6) is 0 Å². The highest BCUT2D eigenvalue weighted by molar-refractivity contribution is 6.29. The predicted molar refractivity (Wildman–Crippen MR) is 59.4 cm³/mol. The van der Waals surface area contributed by atoms with E-state index in [0.29, 0.717) is 24.0 Å². The Bertz CT molecular complexity index is 377. The third-order valence-corrected chi connectivity index (χ3v) is 2.00. The van der Waals surface area contributed by atoms with Crippen LogP contribution in [0.1, 0.15) is 18.9 Å². The van der Waals surface area contributed by atoms with Crippen LogP contribution in [0.25, 0.3) is 0 Å². The molecule has 0 saturated carbocycles. The summed E-state index contributed by atoms with van der Waals surface area (Å²) in [5, 5.41) is 11.4. The zero-order chi connectivity index (χ0) is 11.1. The van der Waals surface area contributed by atoms with Crippen molar-refractivity contribution < 1.29 is 0 Å². The van der Waals surface area contributed by atoms with Crippen LogP contribution < -0.4 is 5.32 Å². The topological polar surface area (TPSA) is 61.1 Å². The van der Waals surface area contributed by atoms with E-state index in [-0.39, 0.29) is 0 Å². The standard InChI is InChI=1S/C10H11ClN4/c1-2-10(15-7-12)14-6-8-3-4-9(11)13-5-8/h3-5H,2,6H2,1H3,(H,14,15). The zero-order valence-electron chi connectivity index (χ0n) is 8.37. The lowest BCUT2D eigenvalue weighted by Gasteiger charge is -2.00. The summed E-state index contributed by atoms with van der Waals surface area (Å²) in [7, 11) is 0. The van der Waals surface area contributed by atoms with Gasteiger partial charge in [0.25, 0.3) is 0 Å². The van der Waals surface area contributed by atoms with Crippen molar-refractivity contribution in [3.8, 4) is 6.19 Å². The van der Waals surface area contributed by atoms with Gasteiger partial charge < -0.3 is 0 Å². The number of nitrogens with zero attached hydrogens (tertiary/aromatic N) is 3. The van der Waals surface area contributed by atoms with Crippen LogP contribution >= 0.6 is 11.6 Å². The first-order chi connectivity index (χ1) is 7.26. The van der Waals surface area contributed by atoms with Crippen LogP contribution in [0.3, 0.4) is 0 Å². The van der Waals surface area contributed by atoms with Crippen molar-refractivity contribution in [3.05, 3.63) is 29.0 Å². The van der Waals surface area contributed by atoms with Crippen LogP contribution in [0.4, 0.5) is 0 Å². The van der Waals surface area contributed by atoms with E-state index in [4.69, 9.17) is 16.9 Å². The van der Waals surface area contributed by atoms with Crippen molar-refractivity contribution in [2.24, 2.45) is 4.99 Å². The fourth-order valence-corrected chi connectivity index (χ4v) is 1.10. The number of hydrogen-bond acceptors (Lipinski definition) is 3. The fourth-order valence-electron chi connectivity index (χ4n) is 0.991. The molecule has 0 spiro atoms. The van der Waals surface area contributed by atoms with Crippen LogP contribution in [-0.4, -0.2) is 10.8 Å². The third-order valence-electron chi connectivity index (χ3n) is 1.78. The summed E-state index contributed by atoms with van der Waals surface area (Å²) in [6.07, 6.45) is 4.22. The molecule has 0 amide bonds. The van der Waals surface area contributed by atoms with Gasteiger partial charge in [-0.1, -0.05) is 24.6 Å². The molecule has 0 unspecified atom stereocenters. The smallest absolute Gasteiger partial charge is 0.182 e. The summed E-state index contributed by atoms with van der Waals surface area (Å²) < 4.78 is 0. The second-order valence-electron chi connectivity index (χ2n) is 2.84. The van der Waals surface area contributed by atoms with Crippen molar-refractivity contribution in [1.82, 2.24) is 10.3 Å². The first kappa shape index (κ1) is 11.5. The summed E-state index contributed by atoms with van der Waals surface area (Å²) in [6, 6.07) is 3.58. The molecule has 15 heavy (non-hydrogen) atoms.